The molecule has 1 aliphatic heterocycles. The Bertz CT molecular complexity index is 623. The first kappa shape index (κ1) is 15.0. The van der Waals surface area contributed by atoms with Crippen LogP contribution in [0.3, 0.4) is 0 Å². The molecule has 2 rings (SSSR count). The highest BCUT2D eigenvalue weighted by Crippen LogP contribution is 2.24. The molecule has 20 heavy (non-hydrogen) atoms. The van der Waals surface area contributed by atoms with E-state index in [4.69, 9.17) is 0 Å². The maximum atomic E-state index is 12.6. The molecule has 1 fully saturated rings. The molecule has 1 amide bonds. The van der Waals surface area contributed by atoms with Crippen molar-refractivity contribution in [2.24, 2.45) is 0 Å². The zero-order chi connectivity index (χ0) is 15.0. The number of sulfonamides is 1. The van der Waals surface area contributed by atoms with E-state index in [-0.39, 0.29) is 11.7 Å². The second-order valence-corrected chi connectivity index (χ2v) is 7.53. The molecule has 0 spiro atoms. The number of nitrogens with zero attached hydrogens (tertiary/aromatic N) is 1. The average molecular weight is 296 g/mol. The largest absolute Gasteiger partial charge is 0.353 e. The maximum absolute atomic E-state index is 12.6. The van der Waals surface area contributed by atoms with Crippen molar-refractivity contribution >= 4 is 15.9 Å². The lowest BCUT2D eigenvalue weighted by atomic mass is 10.0. The first-order valence-electron chi connectivity index (χ1n) is 6.58. The van der Waals surface area contributed by atoms with E-state index in [1.165, 1.54) is 4.31 Å². The van der Waals surface area contributed by atoms with Crippen molar-refractivity contribution in [3.8, 4) is 0 Å². The summed E-state index contributed by atoms with van der Waals surface area (Å²) < 4.78 is 26.5. The van der Waals surface area contributed by atoms with E-state index in [2.05, 4.69) is 5.32 Å². The number of aryl methyl sites for hydroxylation is 1. The van der Waals surface area contributed by atoms with Crippen LogP contribution in [0, 0.1) is 6.92 Å². The van der Waals surface area contributed by atoms with Gasteiger partial charge in [-0.3, -0.25) is 4.79 Å². The zero-order valence-corrected chi connectivity index (χ0v) is 12.8. The summed E-state index contributed by atoms with van der Waals surface area (Å²) in [5.41, 5.74) is 0.723. The van der Waals surface area contributed by atoms with Crippen LogP contribution in [-0.2, 0) is 20.6 Å². The predicted octanol–water partition coefficient (Wildman–Crippen LogP) is 1.04. The molecule has 0 bridgehead atoms. The molecule has 0 aliphatic carbocycles. The Morgan fingerprint density at radius 3 is 2.70 bits per heavy atom. The van der Waals surface area contributed by atoms with E-state index in [1.807, 2.05) is 25.1 Å². The fourth-order valence-corrected chi connectivity index (χ4v) is 4.36. The van der Waals surface area contributed by atoms with Gasteiger partial charge in [-0.25, -0.2) is 8.42 Å². The third-order valence-corrected chi connectivity index (χ3v) is 5.56. The van der Waals surface area contributed by atoms with Crippen molar-refractivity contribution in [1.82, 2.24) is 9.62 Å². The molecule has 0 saturated carbocycles. The lowest BCUT2D eigenvalue weighted by Gasteiger charge is -2.39. The van der Waals surface area contributed by atoms with E-state index in [0.717, 1.165) is 11.1 Å². The number of hydrogen-bond acceptors (Lipinski definition) is 3. The number of rotatable bonds is 3. The molecular weight excluding hydrogens is 276 g/mol. The lowest BCUT2D eigenvalue weighted by Crippen LogP contribution is -2.63. The molecule has 110 valence electrons. The second kappa shape index (κ2) is 5.18. The van der Waals surface area contributed by atoms with Crippen molar-refractivity contribution in [2.45, 2.75) is 32.1 Å². The van der Waals surface area contributed by atoms with Crippen LogP contribution in [-0.4, -0.2) is 37.3 Å². The Kier molecular flexibility index (Phi) is 3.88. The molecule has 5 nitrogen and oxygen atoms in total. The van der Waals surface area contributed by atoms with Crippen LogP contribution in [0.25, 0.3) is 0 Å². The summed E-state index contributed by atoms with van der Waals surface area (Å²) in [6.45, 7) is 5.86. The molecule has 1 heterocycles. The van der Waals surface area contributed by atoms with Gasteiger partial charge in [0.05, 0.1) is 5.75 Å². The Hall–Kier alpha value is -1.40. The molecule has 1 aliphatic rings. The fourth-order valence-electron chi connectivity index (χ4n) is 2.46. The standard InChI is InChI=1S/C14H20N2O3S/c1-11-5-4-6-12(9-11)10-20(18,19)16-8-7-15-13(17)14(16,2)3/h4-6,9H,7-8,10H2,1-3H3,(H,15,17). The van der Waals surface area contributed by atoms with Gasteiger partial charge in [0.15, 0.2) is 0 Å². The van der Waals surface area contributed by atoms with E-state index < -0.39 is 15.6 Å². The third-order valence-electron chi connectivity index (χ3n) is 3.55. The number of amides is 1. The SMILES string of the molecule is Cc1cccc(CS(=O)(=O)N2CCNC(=O)C2(C)C)c1. The minimum atomic E-state index is -3.52. The molecule has 0 atom stereocenters. The van der Waals surface area contributed by atoms with Gasteiger partial charge in [-0.15, -0.1) is 0 Å². The van der Waals surface area contributed by atoms with Crippen LogP contribution in [0.2, 0.25) is 0 Å². The van der Waals surface area contributed by atoms with Crippen LogP contribution >= 0.6 is 0 Å². The summed E-state index contributed by atoms with van der Waals surface area (Å²) in [4.78, 5) is 11.9. The normalized spacial score (nSPS) is 19.6. The average Bonchev–Trinajstić information content (AvgIpc) is 2.31. The minimum Gasteiger partial charge on any atom is -0.353 e. The number of nitrogens with one attached hydrogen (secondary N) is 1. The summed E-state index contributed by atoms with van der Waals surface area (Å²) in [5.74, 6) is -0.331. The van der Waals surface area contributed by atoms with Gasteiger partial charge < -0.3 is 5.32 Å². The lowest BCUT2D eigenvalue weighted by molar-refractivity contribution is -0.131. The van der Waals surface area contributed by atoms with Crippen LogP contribution in [0.5, 0.6) is 0 Å². The molecule has 0 unspecified atom stereocenters. The summed E-state index contributed by atoms with van der Waals surface area (Å²) in [6, 6.07) is 7.42. The van der Waals surface area contributed by atoms with Gasteiger partial charge in [-0.05, 0) is 26.3 Å². The molecule has 1 aromatic rings. The summed E-state index contributed by atoms with van der Waals surface area (Å²) >= 11 is 0. The van der Waals surface area contributed by atoms with Crippen molar-refractivity contribution in [1.29, 1.82) is 0 Å². The van der Waals surface area contributed by atoms with Crippen LogP contribution in [0.1, 0.15) is 25.0 Å². The highest BCUT2D eigenvalue weighted by molar-refractivity contribution is 7.88. The van der Waals surface area contributed by atoms with Crippen LogP contribution in [0.4, 0.5) is 0 Å². The molecular formula is C14H20N2O3S. The first-order chi connectivity index (χ1) is 9.23. The molecule has 1 aromatic carbocycles. The van der Waals surface area contributed by atoms with Crippen molar-refractivity contribution in [3.63, 3.8) is 0 Å². The predicted molar refractivity (Wildman–Crippen MR) is 77.6 cm³/mol. The van der Waals surface area contributed by atoms with Gasteiger partial charge in [-0.2, -0.15) is 4.31 Å². The van der Waals surface area contributed by atoms with Gasteiger partial charge in [-0.1, -0.05) is 29.8 Å². The number of hydrogen-bond donors (Lipinski definition) is 1. The topological polar surface area (TPSA) is 66.5 Å². The van der Waals surface area contributed by atoms with Crippen molar-refractivity contribution in [2.75, 3.05) is 13.1 Å². The smallest absolute Gasteiger partial charge is 0.241 e. The van der Waals surface area contributed by atoms with Gasteiger partial charge in [0.25, 0.3) is 0 Å². The number of carbonyl (C=O) groups is 1. The van der Waals surface area contributed by atoms with Crippen LogP contribution in [0.15, 0.2) is 24.3 Å². The van der Waals surface area contributed by atoms with Gasteiger partial charge in [0.2, 0.25) is 15.9 Å². The van der Waals surface area contributed by atoms with Gasteiger partial charge in [0, 0.05) is 13.1 Å². The first-order valence-corrected chi connectivity index (χ1v) is 8.19. The van der Waals surface area contributed by atoms with E-state index >= 15 is 0 Å². The van der Waals surface area contributed by atoms with Crippen LogP contribution < -0.4 is 5.32 Å². The van der Waals surface area contributed by atoms with E-state index in [0.29, 0.717) is 13.1 Å². The highest BCUT2D eigenvalue weighted by Gasteiger charge is 2.44. The third kappa shape index (κ3) is 2.86. The fraction of sp³-hybridized carbons (Fsp3) is 0.500. The zero-order valence-electron chi connectivity index (χ0n) is 12.0. The maximum Gasteiger partial charge on any atom is 0.241 e. The molecule has 0 radical (unpaired) electrons. The van der Waals surface area contributed by atoms with Crippen molar-refractivity contribution < 1.29 is 13.2 Å². The summed E-state index contributed by atoms with van der Waals surface area (Å²) in [6.07, 6.45) is 0. The highest BCUT2D eigenvalue weighted by atomic mass is 32.2. The molecule has 1 saturated heterocycles. The van der Waals surface area contributed by atoms with Crippen molar-refractivity contribution in [3.05, 3.63) is 35.4 Å². The minimum absolute atomic E-state index is 0.0780. The Morgan fingerprint density at radius 2 is 2.05 bits per heavy atom. The number of piperazine rings is 1. The quantitative estimate of drug-likeness (QED) is 0.906. The second-order valence-electron chi connectivity index (χ2n) is 5.63. The number of carbonyl (C=O) groups excluding carboxylic acids is 1. The Labute approximate surface area is 120 Å². The molecule has 6 heteroatoms. The number of benzene rings is 1. The summed E-state index contributed by atoms with van der Waals surface area (Å²) in [7, 11) is -3.52. The van der Waals surface area contributed by atoms with Gasteiger partial charge in [0.1, 0.15) is 5.54 Å². The Balaban J connectivity index is 2.28. The van der Waals surface area contributed by atoms with E-state index in [1.54, 1.807) is 19.9 Å². The Morgan fingerprint density at radius 1 is 1.35 bits per heavy atom. The van der Waals surface area contributed by atoms with Gasteiger partial charge >= 0.3 is 0 Å². The molecule has 0 aromatic heterocycles. The van der Waals surface area contributed by atoms with E-state index in [9.17, 15) is 13.2 Å². The summed E-state index contributed by atoms with van der Waals surface area (Å²) in [5, 5.41) is 2.70. The molecule has 1 N–H and O–H groups in total. The monoisotopic (exact) mass is 296 g/mol.